The average molecular weight is 596 g/mol. The van der Waals surface area contributed by atoms with Gasteiger partial charge in [-0.25, -0.2) is 0 Å². The van der Waals surface area contributed by atoms with Crippen LogP contribution in [0.3, 0.4) is 0 Å². The molecule has 1 aliphatic carbocycles. The highest BCUT2D eigenvalue weighted by atomic mass is 14.3. The fraction of sp³-hybridized carbons (Fsp3) is 0.196. The fourth-order valence-electron chi connectivity index (χ4n) is 6.89. The summed E-state index contributed by atoms with van der Waals surface area (Å²) >= 11 is 0. The molecule has 7 rings (SSSR count). The van der Waals surface area contributed by atoms with E-state index in [0.717, 1.165) is 0 Å². The van der Waals surface area contributed by atoms with E-state index in [2.05, 4.69) is 187 Å². The van der Waals surface area contributed by atoms with Crippen molar-refractivity contribution in [2.75, 3.05) is 0 Å². The van der Waals surface area contributed by atoms with Crippen molar-refractivity contribution < 1.29 is 0 Å². The van der Waals surface area contributed by atoms with Gasteiger partial charge in [0.1, 0.15) is 0 Å². The standard InChI is InChI=1S/C46H43/c1-45(2,3)41-23-19-31(20-24-41)43-37-15-7-11-33(27-37)35-13-9-17-39(29-35)44(32-21-25-42(26-22-32)46(4,5)6)40-18-10-14-36(30-40)34-12-8-16-38(43)28-34/h7-30,43H,1-6H3/q+1. The first-order chi connectivity index (χ1) is 22.0. The van der Waals surface area contributed by atoms with Crippen LogP contribution in [0.25, 0.3) is 22.3 Å². The Morgan fingerprint density at radius 1 is 0.370 bits per heavy atom. The average Bonchev–Trinajstić information content (AvgIpc) is 3.05. The molecule has 46 heavy (non-hydrogen) atoms. The number of hydrogen-bond acceptors (Lipinski definition) is 0. The van der Waals surface area contributed by atoms with E-state index in [4.69, 9.17) is 0 Å². The third-order valence-electron chi connectivity index (χ3n) is 9.56. The van der Waals surface area contributed by atoms with Crippen LogP contribution in [0.2, 0.25) is 0 Å². The van der Waals surface area contributed by atoms with E-state index in [1.165, 1.54) is 72.7 Å². The molecule has 0 amide bonds. The predicted molar refractivity (Wildman–Crippen MR) is 196 cm³/mol. The summed E-state index contributed by atoms with van der Waals surface area (Å²) in [6, 6.07) is 55.0. The van der Waals surface area contributed by atoms with Crippen molar-refractivity contribution in [3.05, 3.63) is 196 Å². The minimum absolute atomic E-state index is 0.106. The second kappa shape index (κ2) is 11.5. The minimum Gasteiger partial charge on any atom is -0.0613 e. The molecule has 8 bridgehead atoms. The lowest BCUT2D eigenvalue weighted by atomic mass is 9.79. The van der Waals surface area contributed by atoms with Gasteiger partial charge in [0.05, 0.1) is 22.6 Å². The van der Waals surface area contributed by atoms with Crippen LogP contribution in [-0.2, 0) is 10.8 Å². The van der Waals surface area contributed by atoms with E-state index in [9.17, 15) is 0 Å². The Kier molecular flexibility index (Phi) is 7.48. The summed E-state index contributed by atoms with van der Waals surface area (Å²) in [5.41, 5.74) is 15.4. The molecule has 0 saturated carbocycles. The Morgan fingerprint density at radius 2 is 0.761 bits per heavy atom. The van der Waals surface area contributed by atoms with Gasteiger partial charge in [-0.1, -0.05) is 102 Å². The topological polar surface area (TPSA) is 0 Å². The first-order valence-corrected chi connectivity index (χ1v) is 16.5. The smallest absolute Gasteiger partial charge is 0.0613 e. The summed E-state index contributed by atoms with van der Waals surface area (Å²) in [6.07, 6.45) is 0. The Labute approximate surface area is 275 Å². The highest BCUT2D eigenvalue weighted by Gasteiger charge is 2.26. The molecule has 0 N–H and O–H groups in total. The lowest BCUT2D eigenvalue weighted by molar-refractivity contribution is 0.589. The van der Waals surface area contributed by atoms with E-state index < -0.39 is 0 Å². The summed E-state index contributed by atoms with van der Waals surface area (Å²) in [6.45, 7) is 13.7. The van der Waals surface area contributed by atoms with Gasteiger partial charge in [-0.3, -0.25) is 0 Å². The van der Waals surface area contributed by atoms with E-state index in [-0.39, 0.29) is 16.7 Å². The molecule has 6 aromatic rings. The van der Waals surface area contributed by atoms with Gasteiger partial charge in [0, 0.05) is 17.0 Å². The van der Waals surface area contributed by atoms with Gasteiger partial charge in [0.25, 0.3) is 0 Å². The molecule has 0 spiro atoms. The fourth-order valence-corrected chi connectivity index (χ4v) is 6.89. The van der Waals surface area contributed by atoms with Gasteiger partial charge < -0.3 is 0 Å². The van der Waals surface area contributed by atoms with Crippen LogP contribution in [0.5, 0.6) is 0 Å². The van der Waals surface area contributed by atoms with Gasteiger partial charge in [-0.05, 0) is 135 Å². The van der Waals surface area contributed by atoms with E-state index in [1.807, 2.05) is 0 Å². The van der Waals surface area contributed by atoms with Crippen LogP contribution in [-0.4, -0.2) is 0 Å². The van der Waals surface area contributed by atoms with Crippen LogP contribution in [0, 0.1) is 5.92 Å². The number of hydrogen-bond donors (Lipinski definition) is 0. The van der Waals surface area contributed by atoms with Gasteiger partial charge in [0.2, 0.25) is 0 Å². The van der Waals surface area contributed by atoms with Crippen molar-refractivity contribution in [1.82, 2.24) is 0 Å². The SMILES string of the molecule is CC(C)(C)c1ccc([C+]2c3cccc(c3)-c3cccc(c3)C(c3ccc(C(C)(C)C)cc3)c3cccc(c3)-c3cccc2c3)cc1. The van der Waals surface area contributed by atoms with Crippen LogP contribution < -0.4 is 0 Å². The van der Waals surface area contributed by atoms with Crippen molar-refractivity contribution in [3.63, 3.8) is 0 Å². The molecule has 0 nitrogen and oxygen atoms in total. The molecule has 6 aromatic carbocycles. The maximum absolute atomic E-state index is 2.40. The molecule has 0 unspecified atom stereocenters. The second-order valence-corrected chi connectivity index (χ2v) is 14.9. The molecule has 0 heteroatoms. The number of rotatable bonds is 2. The van der Waals surface area contributed by atoms with Crippen molar-refractivity contribution in [2.24, 2.45) is 0 Å². The molecule has 0 heterocycles. The van der Waals surface area contributed by atoms with Gasteiger partial charge >= 0.3 is 0 Å². The normalized spacial score (nSPS) is 13.3. The van der Waals surface area contributed by atoms with Crippen LogP contribution in [0.15, 0.2) is 146 Å². The van der Waals surface area contributed by atoms with Gasteiger partial charge in [0.15, 0.2) is 0 Å². The lowest BCUT2D eigenvalue weighted by Crippen LogP contribution is -2.12. The number of benzene rings is 6. The molecule has 0 aliphatic heterocycles. The van der Waals surface area contributed by atoms with Crippen molar-refractivity contribution >= 4 is 0 Å². The summed E-state index contributed by atoms with van der Waals surface area (Å²) in [4.78, 5) is 0. The molecule has 0 atom stereocenters. The van der Waals surface area contributed by atoms with E-state index in [0.29, 0.717) is 0 Å². The largest absolute Gasteiger partial charge is 0.0632 e. The third-order valence-corrected chi connectivity index (χ3v) is 9.56. The van der Waals surface area contributed by atoms with E-state index in [1.54, 1.807) is 0 Å². The maximum Gasteiger partial charge on any atom is 0.0632 e. The molecule has 0 fully saturated rings. The number of fused-ring (bicyclic) bond motifs is 10. The molecule has 0 radical (unpaired) electrons. The second-order valence-electron chi connectivity index (χ2n) is 14.9. The maximum atomic E-state index is 2.40. The molecule has 0 aromatic heterocycles. The van der Waals surface area contributed by atoms with E-state index >= 15 is 0 Å². The highest BCUT2D eigenvalue weighted by Crippen LogP contribution is 2.40. The lowest BCUT2D eigenvalue weighted by Gasteiger charge is -2.24. The summed E-state index contributed by atoms with van der Waals surface area (Å²) in [5.74, 6) is 1.37. The monoisotopic (exact) mass is 595 g/mol. The zero-order valence-electron chi connectivity index (χ0n) is 27.9. The van der Waals surface area contributed by atoms with Crippen LogP contribution in [0.4, 0.5) is 0 Å². The Bertz CT molecular complexity index is 1750. The summed E-state index contributed by atoms with van der Waals surface area (Å²) < 4.78 is 0. The summed E-state index contributed by atoms with van der Waals surface area (Å²) in [5, 5.41) is 0. The molecular formula is C46H43+. The third kappa shape index (κ3) is 5.81. The Hall–Kier alpha value is -4.81. The van der Waals surface area contributed by atoms with Gasteiger partial charge in [-0.2, -0.15) is 0 Å². The Balaban J connectivity index is 1.44. The zero-order valence-corrected chi connectivity index (χ0v) is 27.9. The predicted octanol–water partition coefficient (Wildman–Crippen LogP) is 12.1. The highest BCUT2D eigenvalue weighted by molar-refractivity contribution is 5.73. The zero-order chi connectivity index (χ0) is 32.1. The van der Waals surface area contributed by atoms with Crippen LogP contribution >= 0.6 is 0 Å². The summed E-state index contributed by atoms with van der Waals surface area (Å²) in [7, 11) is 0. The van der Waals surface area contributed by atoms with Gasteiger partial charge in [-0.15, -0.1) is 0 Å². The first-order valence-electron chi connectivity index (χ1n) is 16.5. The van der Waals surface area contributed by atoms with Crippen molar-refractivity contribution in [1.29, 1.82) is 0 Å². The van der Waals surface area contributed by atoms with Crippen LogP contribution in [0.1, 0.15) is 92.0 Å². The van der Waals surface area contributed by atoms with Crippen molar-refractivity contribution in [2.45, 2.75) is 58.3 Å². The Morgan fingerprint density at radius 3 is 1.20 bits per heavy atom. The van der Waals surface area contributed by atoms with Crippen molar-refractivity contribution in [3.8, 4) is 22.3 Å². The first kappa shape index (κ1) is 29.9. The molecule has 226 valence electrons. The minimum atomic E-state index is 0.106. The molecular weight excluding hydrogens is 553 g/mol. The molecule has 0 saturated heterocycles. The quantitative estimate of drug-likeness (QED) is 0.174. The molecule has 1 aliphatic rings.